The molecule has 1 unspecified atom stereocenters. The Bertz CT molecular complexity index is 461. The normalized spacial score (nSPS) is 13.3. The van der Waals surface area contributed by atoms with E-state index in [1.165, 1.54) is 12.4 Å². The molecule has 1 heterocycles. The average Bonchev–Trinajstić information content (AvgIpc) is 2.37. The third kappa shape index (κ3) is 4.21. The molecule has 1 atom stereocenters. The second-order valence-corrected chi connectivity index (χ2v) is 5.38. The van der Waals surface area contributed by atoms with E-state index in [0.29, 0.717) is 12.6 Å². The van der Waals surface area contributed by atoms with Crippen molar-refractivity contribution in [2.75, 3.05) is 25.5 Å². The minimum absolute atomic E-state index is 0.0326. The molecule has 0 aromatic carbocycles. The third-order valence-electron chi connectivity index (χ3n) is 2.17. The van der Waals surface area contributed by atoms with Crippen LogP contribution < -0.4 is 10.0 Å². The molecule has 2 N–H and O–H groups in total. The highest BCUT2D eigenvalue weighted by atomic mass is 32.2. The predicted molar refractivity (Wildman–Crippen MR) is 67.9 cm³/mol. The quantitative estimate of drug-likeness (QED) is 0.739. The largest absolute Gasteiger partial charge is 0.377 e. The molecule has 0 fully saturated rings. The molecular weight excluding hydrogens is 256 g/mol. The van der Waals surface area contributed by atoms with Crippen LogP contribution in [0.15, 0.2) is 17.3 Å². The van der Waals surface area contributed by atoms with Gasteiger partial charge in [-0.15, -0.1) is 0 Å². The minimum Gasteiger partial charge on any atom is -0.377 e. The Labute approximate surface area is 107 Å². The lowest BCUT2D eigenvalue weighted by atomic mass is 10.4. The first-order valence-electron chi connectivity index (χ1n) is 5.60. The fraction of sp³-hybridized carbons (Fsp3) is 0.600. The van der Waals surface area contributed by atoms with E-state index in [1.807, 2.05) is 6.92 Å². The van der Waals surface area contributed by atoms with Gasteiger partial charge in [0.1, 0.15) is 4.90 Å². The molecule has 0 spiro atoms. The molecule has 0 bridgehead atoms. The number of nitrogens with one attached hydrogen (secondary N) is 2. The van der Waals surface area contributed by atoms with Gasteiger partial charge in [0.15, 0.2) is 0 Å². The minimum atomic E-state index is -3.58. The van der Waals surface area contributed by atoms with E-state index in [4.69, 9.17) is 4.74 Å². The van der Waals surface area contributed by atoms with Crippen LogP contribution in [0.5, 0.6) is 0 Å². The van der Waals surface area contributed by atoms with Crippen LogP contribution in [0.1, 0.15) is 13.8 Å². The summed E-state index contributed by atoms with van der Waals surface area (Å²) in [6.45, 7) is 4.41. The highest BCUT2D eigenvalue weighted by molar-refractivity contribution is 7.89. The first-order valence-corrected chi connectivity index (χ1v) is 7.09. The zero-order valence-electron chi connectivity index (χ0n) is 10.7. The Kier molecular flexibility index (Phi) is 5.45. The molecule has 0 aliphatic carbocycles. The van der Waals surface area contributed by atoms with E-state index >= 15 is 0 Å². The Morgan fingerprint density at radius 3 is 2.50 bits per heavy atom. The van der Waals surface area contributed by atoms with Crippen molar-refractivity contribution < 1.29 is 13.2 Å². The van der Waals surface area contributed by atoms with Crippen LogP contribution in [-0.2, 0) is 14.8 Å². The van der Waals surface area contributed by atoms with E-state index in [1.54, 1.807) is 14.0 Å². The van der Waals surface area contributed by atoms with E-state index in [-0.39, 0.29) is 17.5 Å². The van der Waals surface area contributed by atoms with Gasteiger partial charge in [-0.2, -0.15) is 0 Å². The summed E-state index contributed by atoms with van der Waals surface area (Å²) in [4.78, 5) is 7.74. The lowest BCUT2D eigenvalue weighted by Gasteiger charge is -2.12. The maximum Gasteiger partial charge on any atom is 0.243 e. The number of hydrogen-bond acceptors (Lipinski definition) is 6. The number of nitrogens with zero attached hydrogens (tertiary/aromatic N) is 2. The Morgan fingerprint density at radius 1 is 1.39 bits per heavy atom. The topological polar surface area (TPSA) is 93.2 Å². The van der Waals surface area contributed by atoms with Crippen LogP contribution in [0.4, 0.5) is 5.95 Å². The smallest absolute Gasteiger partial charge is 0.243 e. The molecule has 0 radical (unpaired) electrons. The second kappa shape index (κ2) is 6.62. The molecule has 1 aromatic rings. The molecule has 18 heavy (non-hydrogen) atoms. The van der Waals surface area contributed by atoms with Gasteiger partial charge in [-0.05, 0) is 13.8 Å². The van der Waals surface area contributed by atoms with Crippen molar-refractivity contribution in [1.29, 1.82) is 0 Å². The Balaban J connectivity index is 2.67. The number of rotatable bonds is 7. The van der Waals surface area contributed by atoms with Gasteiger partial charge in [-0.25, -0.2) is 23.1 Å². The molecule has 0 aliphatic rings. The van der Waals surface area contributed by atoms with Crippen molar-refractivity contribution in [3.05, 3.63) is 12.4 Å². The molecule has 0 saturated heterocycles. The van der Waals surface area contributed by atoms with Gasteiger partial charge < -0.3 is 10.1 Å². The lowest BCUT2D eigenvalue weighted by Crippen LogP contribution is -2.32. The molecule has 0 aliphatic heterocycles. The highest BCUT2D eigenvalue weighted by Gasteiger charge is 2.16. The van der Waals surface area contributed by atoms with Gasteiger partial charge >= 0.3 is 0 Å². The fourth-order valence-corrected chi connectivity index (χ4v) is 2.24. The first kappa shape index (κ1) is 14.8. The van der Waals surface area contributed by atoms with Crippen LogP contribution in [0.3, 0.4) is 0 Å². The predicted octanol–water partition coefficient (Wildman–Crippen LogP) is 0.222. The van der Waals surface area contributed by atoms with Crippen molar-refractivity contribution >= 4 is 16.0 Å². The van der Waals surface area contributed by atoms with Crippen LogP contribution >= 0.6 is 0 Å². The van der Waals surface area contributed by atoms with E-state index in [2.05, 4.69) is 20.0 Å². The van der Waals surface area contributed by atoms with Crippen molar-refractivity contribution in [1.82, 2.24) is 14.7 Å². The average molecular weight is 274 g/mol. The highest BCUT2D eigenvalue weighted by Crippen LogP contribution is 2.07. The standard InChI is InChI=1S/C10H18N4O3S/c1-4-17-8(2)5-14-18(15,16)9-6-12-10(11-3)13-7-9/h6-8,14H,4-5H2,1-3H3,(H,11,12,13). The summed E-state index contributed by atoms with van der Waals surface area (Å²) in [5, 5.41) is 2.72. The van der Waals surface area contributed by atoms with Crippen molar-refractivity contribution in [3.63, 3.8) is 0 Å². The number of anilines is 1. The lowest BCUT2D eigenvalue weighted by molar-refractivity contribution is 0.0799. The molecule has 1 rings (SSSR count). The van der Waals surface area contributed by atoms with Gasteiger partial charge in [0.05, 0.1) is 18.5 Å². The Hall–Kier alpha value is -1.25. The maximum atomic E-state index is 11.9. The molecule has 8 heteroatoms. The summed E-state index contributed by atoms with van der Waals surface area (Å²) in [6, 6.07) is 0. The van der Waals surface area contributed by atoms with Gasteiger partial charge in [0.2, 0.25) is 16.0 Å². The third-order valence-corrected chi connectivity index (χ3v) is 3.55. The van der Waals surface area contributed by atoms with Crippen molar-refractivity contribution in [2.24, 2.45) is 0 Å². The second-order valence-electron chi connectivity index (χ2n) is 3.61. The summed E-state index contributed by atoms with van der Waals surface area (Å²) < 4.78 is 31.4. The van der Waals surface area contributed by atoms with E-state index in [9.17, 15) is 8.42 Å². The number of aromatic nitrogens is 2. The maximum absolute atomic E-state index is 11.9. The summed E-state index contributed by atoms with van der Waals surface area (Å²) >= 11 is 0. The van der Waals surface area contributed by atoms with Crippen molar-refractivity contribution in [2.45, 2.75) is 24.8 Å². The summed E-state index contributed by atoms with van der Waals surface area (Å²) in [5.74, 6) is 0.372. The van der Waals surface area contributed by atoms with E-state index in [0.717, 1.165) is 0 Å². The number of ether oxygens (including phenoxy) is 1. The van der Waals surface area contributed by atoms with Gasteiger partial charge in [-0.1, -0.05) is 0 Å². The molecule has 1 aromatic heterocycles. The fourth-order valence-electron chi connectivity index (χ4n) is 1.24. The van der Waals surface area contributed by atoms with Gasteiger partial charge in [0.25, 0.3) is 0 Å². The SMILES string of the molecule is CCOC(C)CNS(=O)(=O)c1cnc(NC)nc1. The summed E-state index contributed by atoms with van der Waals surface area (Å²) in [7, 11) is -1.92. The summed E-state index contributed by atoms with van der Waals surface area (Å²) in [5.41, 5.74) is 0. The van der Waals surface area contributed by atoms with E-state index < -0.39 is 10.0 Å². The van der Waals surface area contributed by atoms with Crippen LogP contribution in [0.2, 0.25) is 0 Å². The van der Waals surface area contributed by atoms with Gasteiger partial charge in [-0.3, -0.25) is 0 Å². The van der Waals surface area contributed by atoms with Crippen LogP contribution in [-0.4, -0.2) is 44.7 Å². The molecule has 0 amide bonds. The summed E-state index contributed by atoms with van der Waals surface area (Å²) in [6.07, 6.45) is 2.33. The molecular formula is C10H18N4O3S. The molecule has 102 valence electrons. The van der Waals surface area contributed by atoms with Crippen molar-refractivity contribution in [3.8, 4) is 0 Å². The zero-order valence-corrected chi connectivity index (χ0v) is 11.5. The van der Waals surface area contributed by atoms with Crippen LogP contribution in [0.25, 0.3) is 0 Å². The molecule has 7 nitrogen and oxygen atoms in total. The number of sulfonamides is 1. The zero-order chi connectivity index (χ0) is 13.6. The van der Waals surface area contributed by atoms with Gasteiger partial charge in [0, 0.05) is 20.2 Å². The number of hydrogen-bond donors (Lipinski definition) is 2. The Morgan fingerprint density at radius 2 is 2.00 bits per heavy atom. The monoisotopic (exact) mass is 274 g/mol. The molecule has 0 saturated carbocycles. The van der Waals surface area contributed by atoms with Crippen LogP contribution in [0, 0.1) is 0 Å². The first-order chi connectivity index (χ1) is 8.49.